The van der Waals surface area contributed by atoms with E-state index in [1.807, 2.05) is 6.08 Å². The Balaban J connectivity index is 2.06. The molecule has 7 nitrogen and oxygen atoms in total. The molecule has 3 rings (SSSR count). The SMILES string of the molecule is C=Cc1cc2c(cc1C1=C(O)C(=O)C/C1=C\CCN=[N+]=[N-])OCO2. The van der Waals surface area contributed by atoms with E-state index < -0.39 is 0 Å². The van der Waals surface area contributed by atoms with Crippen LogP contribution < -0.4 is 9.47 Å². The highest BCUT2D eigenvalue weighted by Crippen LogP contribution is 2.43. The number of Topliss-reactive ketones (excluding diaryl/α,β-unsaturated/α-hetero) is 1. The lowest BCUT2D eigenvalue weighted by atomic mass is 9.94. The van der Waals surface area contributed by atoms with Crippen molar-refractivity contribution in [3.8, 4) is 11.5 Å². The normalized spacial score (nSPS) is 17.3. The fraction of sp³-hybridized carbons (Fsp3) is 0.235. The molecule has 0 atom stereocenters. The van der Waals surface area contributed by atoms with Gasteiger partial charge in [-0.2, -0.15) is 0 Å². The molecule has 0 unspecified atom stereocenters. The molecule has 1 aliphatic carbocycles. The van der Waals surface area contributed by atoms with Crippen LogP contribution in [0.5, 0.6) is 11.5 Å². The van der Waals surface area contributed by atoms with Crippen molar-refractivity contribution >= 4 is 17.4 Å². The molecule has 1 aromatic rings. The molecule has 0 spiro atoms. The predicted octanol–water partition coefficient (Wildman–Crippen LogP) is 3.93. The van der Waals surface area contributed by atoms with Crippen molar-refractivity contribution in [2.75, 3.05) is 13.3 Å². The fourth-order valence-corrected chi connectivity index (χ4v) is 2.80. The molecule has 1 N–H and O–H groups in total. The molecule has 0 amide bonds. The van der Waals surface area contributed by atoms with Crippen molar-refractivity contribution in [2.45, 2.75) is 12.8 Å². The second-order valence-corrected chi connectivity index (χ2v) is 5.29. The highest BCUT2D eigenvalue weighted by Gasteiger charge is 2.30. The summed E-state index contributed by atoms with van der Waals surface area (Å²) in [6.07, 6.45) is 4.04. The summed E-state index contributed by atoms with van der Waals surface area (Å²) in [5.74, 6) is 0.551. The van der Waals surface area contributed by atoms with Crippen LogP contribution in [0.25, 0.3) is 22.1 Å². The van der Waals surface area contributed by atoms with Gasteiger partial charge in [0.1, 0.15) is 0 Å². The van der Waals surface area contributed by atoms with Crippen molar-refractivity contribution in [2.24, 2.45) is 5.11 Å². The number of ketones is 1. The van der Waals surface area contributed by atoms with E-state index in [-0.39, 0.29) is 31.3 Å². The Bertz CT molecular complexity index is 832. The molecule has 2 aliphatic rings. The van der Waals surface area contributed by atoms with Crippen molar-refractivity contribution in [3.05, 3.63) is 57.7 Å². The summed E-state index contributed by atoms with van der Waals surface area (Å²) in [6.45, 7) is 4.21. The van der Waals surface area contributed by atoms with E-state index in [2.05, 4.69) is 16.6 Å². The zero-order chi connectivity index (χ0) is 17.1. The third-order valence-corrected chi connectivity index (χ3v) is 3.89. The average Bonchev–Trinajstić information content (AvgIpc) is 3.15. The van der Waals surface area contributed by atoms with Crippen LogP contribution in [-0.4, -0.2) is 24.2 Å². The average molecular weight is 325 g/mol. The van der Waals surface area contributed by atoms with Gasteiger partial charge >= 0.3 is 0 Å². The topological polar surface area (TPSA) is 105 Å². The van der Waals surface area contributed by atoms with Crippen LogP contribution >= 0.6 is 0 Å². The summed E-state index contributed by atoms with van der Waals surface area (Å²) in [6, 6.07) is 3.51. The van der Waals surface area contributed by atoms with Gasteiger partial charge in [-0.1, -0.05) is 23.8 Å². The van der Waals surface area contributed by atoms with Gasteiger partial charge < -0.3 is 14.6 Å². The molecular weight excluding hydrogens is 310 g/mol. The first-order valence-corrected chi connectivity index (χ1v) is 7.39. The van der Waals surface area contributed by atoms with E-state index in [0.717, 1.165) is 5.56 Å². The van der Waals surface area contributed by atoms with Gasteiger partial charge in [0.2, 0.25) is 12.6 Å². The number of nitrogens with zero attached hydrogens (tertiary/aromatic N) is 3. The lowest BCUT2D eigenvalue weighted by Gasteiger charge is -2.11. The fourth-order valence-electron chi connectivity index (χ4n) is 2.80. The summed E-state index contributed by atoms with van der Waals surface area (Å²) in [5.41, 5.74) is 10.9. The Labute approximate surface area is 138 Å². The van der Waals surface area contributed by atoms with Crippen molar-refractivity contribution in [1.29, 1.82) is 0 Å². The van der Waals surface area contributed by atoms with E-state index in [1.165, 1.54) is 0 Å². The van der Waals surface area contributed by atoms with Gasteiger partial charge in [0.25, 0.3) is 0 Å². The molecule has 7 heteroatoms. The highest BCUT2D eigenvalue weighted by molar-refractivity contribution is 6.12. The number of aliphatic hydroxyl groups excluding tert-OH is 1. The molecule has 1 heterocycles. The molecular formula is C17H15N3O4. The molecule has 0 radical (unpaired) electrons. The molecule has 0 aromatic heterocycles. The molecule has 122 valence electrons. The number of ether oxygens (including phenoxy) is 2. The lowest BCUT2D eigenvalue weighted by Crippen LogP contribution is -1.95. The van der Waals surface area contributed by atoms with E-state index in [4.69, 9.17) is 15.0 Å². The minimum absolute atomic E-state index is 0.114. The monoisotopic (exact) mass is 325 g/mol. The van der Waals surface area contributed by atoms with Crippen LogP contribution in [0.3, 0.4) is 0 Å². The number of fused-ring (bicyclic) bond motifs is 1. The summed E-state index contributed by atoms with van der Waals surface area (Å²) in [4.78, 5) is 14.7. The summed E-state index contributed by atoms with van der Waals surface area (Å²) in [5, 5.41) is 13.7. The van der Waals surface area contributed by atoms with Crippen molar-refractivity contribution in [1.82, 2.24) is 0 Å². The van der Waals surface area contributed by atoms with Gasteiger partial charge in [0.15, 0.2) is 17.3 Å². The first kappa shape index (κ1) is 15.7. The van der Waals surface area contributed by atoms with Gasteiger partial charge in [0, 0.05) is 23.5 Å². The summed E-state index contributed by atoms with van der Waals surface area (Å²) in [7, 11) is 0. The van der Waals surface area contributed by atoms with Crippen molar-refractivity contribution < 1.29 is 19.4 Å². The maximum absolute atomic E-state index is 12.0. The maximum Gasteiger partial charge on any atom is 0.231 e. The van der Waals surface area contributed by atoms with E-state index in [1.54, 1.807) is 18.2 Å². The summed E-state index contributed by atoms with van der Waals surface area (Å²) >= 11 is 0. The standard InChI is InChI=1S/C17H15N3O4/c1-2-10-7-14-15(24-9-23-14)8-12(10)16-11(4-3-5-19-20-18)6-13(21)17(16)22/h2,4,7-8,22H,1,3,5-6,9H2/b11-4+. The number of rotatable bonds is 5. The Hall–Kier alpha value is -3.18. The number of aliphatic hydroxyl groups is 1. The van der Waals surface area contributed by atoms with Crippen LogP contribution in [0, 0.1) is 0 Å². The Morgan fingerprint density at radius 3 is 2.83 bits per heavy atom. The van der Waals surface area contributed by atoms with Gasteiger partial charge in [-0.3, -0.25) is 4.79 Å². The molecule has 0 saturated carbocycles. The van der Waals surface area contributed by atoms with Crippen LogP contribution in [0.2, 0.25) is 0 Å². The Morgan fingerprint density at radius 2 is 2.12 bits per heavy atom. The van der Waals surface area contributed by atoms with Gasteiger partial charge in [-0.05, 0) is 40.8 Å². The maximum atomic E-state index is 12.0. The van der Waals surface area contributed by atoms with Gasteiger partial charge in [-0.25, -0.2) is 0 Å². The second kappa shape index (κ2) is 6.52. The van der Waals surface area contributed by atoms with E-state index in [0.29, 0.717) is 34.6 Å². The van der Waals surface area contributed by atoms with Crippen LogP contribution in [0.15, 0.2) is 41.2 Å². The first-order chi connectivity index (χ1) is 11.7. The van der Waals surface area contributed by atoms with Crippen molar-refractivity contribution in [3.63, 3.8) is 0 Å². The summed E-state index contributed by atoms with van der Waals surface area (Å²) < 4.78 is 10.7. The molecule has 24 heavy (non-hydrogen) atoms. The molecule has 1 aromatic carbocycles. The zero-order valence-corrected chi connectivity index (χ0v) is 12.9. The molecule has 0 saturated heterocycles. The molecule has 0 bridgehead atoms. The number of azide groups is 1. The quantitative estimate of drug-likeness (QED) is 0.383. The smallest absolute Gasteiger partial charge is 0.231 e. The minimum atomic E-state index is -0.340. The third-order valence-electron chi connectivity index (χ3n) is 3.89. The minimum Gasteiger partial charge on any atom is -0.504 e. The predicted molar refractivity (Wildman–Crippen MR) is 88.5 cm³/mol. The molecule has 0 fully saturated rings. The van der Waals surface area contributed by atoms with Crippen LogP contribution in [0.1, 0.15) is 24.0 Å². The number of benzene rings is 1. The van der Waals surface area contributed by atoms with E-state index in [9.17, 15) is 9.90 Å². The number of hydrogen-bond donors (Lipinski definition) is 1. The lowest BCUT2D eigenvalue weighted by molar-refractivity contribution is -0.116. The number of carbonyl (C=O) groups excluding carboxylic acids is 1. The van der Waals surface area contributed by atoms with Crippen LogP contribution in [0.4, 0.5) is 0 Å². The Morgan fingerprint density at radius 1 is 1.38 bits per heavy atom. The highest BCUT2D eigenvalue weighted by atomic mass is 16.7. The number of carbonyl (C=O) groups is 1. The van der Waals surface area contributed by atoms with Crippen LogP contribution in [-0.2, 0) is 4.79 Å². The Kier molecular flexibility index (Phi) is 4.26. The zero-order valence-electron chi connectivity index (χ0n) is 12.9. The number of allylic oxidation sites excluding steroid dienone is 3. The number of hydrogen-bond acceptors (Lipinski definition) is 5. The largest absolute Gasteiger partial charge is 0.504 e. The van der Waals surface area contributed by atoms with E-state index >= 15 is 0 Å². The third kappa shape index (κ3) is 2.73. The van der Waals surface area contributed by atoms with Gasteiger partial charge in [-0.15, -0.1) is 0 Å². The van der Waals surface area contributed by atoms with Gasteiger partial charge in [0.05, 0.1) is 0 Å². The first-order valence-electron chi connectivity index (χ1n) is 7.39. The molecule has 1 aliphatic heterocycles. The second-order valence-electron chi connectivity index (χ2n) is 5.29.